The smallest absolute Gasteiger partial charge is 0.303 e. The third-order valence-corrected chi connectivity index (χ3v) is 4.78. The zero-order chi connectivity index (χ0) is 16.7. The van der Waals surface area contributed by atoms with Crippen LogP contribution in [0.15, 0.2) is 30.3 Å². The minimum Gasteiger partial charge on any atom is -0.481 e. The number of carboxylic acids is 1. The van der Waals surface area contributed by atoms with E-state index in [1.807, 2.05) is 23.1 Å². The molecular formula is C19H27NO3. The van der Waals surface area contributed by atoms with Gasteiger partial charge < -0.3 is 10.0 Å². The van der Waals surface area contributed by atoms with Gasteiger partial charge in [-0.05, 0) is 44.1 Å². The molecule has 0 bridgehead atoms. The molecule has 0 radical (unpaired) electrons. The van der Waals surface area contributed by atoms with Crippen LogP contribution in [-0.4, -0.2) is 28.4 Å². The van der Waals surface area contributed by atoms with E-state index in [1.54, 1.807) is 0 Å². The van der Waals surface area contributed by atoms with Crippen LogP contribution in [-0.2, 0) is 9.59 Å². The summed E-state index contributed by atoms with van der Waals surface area (Å²) < 4.78 is 0. The Morgan fingerprint density at radius 3 is 2.39 bits per heavy atom. The summed E-state index contributed by atoms with van der Waals surface area (Å²) in [5.74, 6) is -0.01000. The van der Waals surface area contributed by atoms with Crippen LogP contribution in [0.1, 0.15) is 63.5 Å². The molecule has 4 nitrogen and oxygen atoms in total. The monoisotopic (exact) mass is 317 g/mol. The van der Waals surface area contributed by atoms with Gasteiger partial charge in [0.05, 0.1) is 6.04 Å². The zero-order valence-electron chi connectivity index (χ0n) is 13.9. The molecule has 0 aromatic heterocycles. The number of carbonyl (C=O) groups excluding carboxylic acids is 1. The van der Waals surface area contributed by atoms with Gasteiger partial charge in [0.25, 0.3) is 0 Å². The maximum absolute atomic E-state index is 12.7. The van der Waals surface area contributed by atoms with Crippen LogP contribution in [0.4, 0.5) is 0 Å². The first-order chi connectivity index (χ1) is 11.1. The number of nitrogens with zero attached hydrogens (tertiary/aromatic N) is 1. The molecule has 126 valence electrons. The lowest BCUT2D eigenvalue weighted by Gasteiger charge is -2.36. The molecule has 0 aliphatic heterocycles. The second-order valence-corrected chi connectivity index (χ2v) is 6.53. The van der Waals surface area contributed by atoms with Crippen molar-refractivity contribution in [1.82, 2.24) is 4.90 Å². The summed E-state index contributed by atoms with van der Waals surface area (Å²) in [7, 11) is 0. The highest BCUT2D eigenvalue weighted by molar-refractivity contribution is 5.76. The molecule has 1 unspecified atom stereocenters. The third-order valence-electron chi connectivity index (χ3n) is 4.78. The zero-order valence-corrected chi connectivity index (χ0v) is 13.9. The van der Waals surface area contributed by atoms with E-state index in [1.165, 1.54) is 19.3 Å². The van der Waals surface area contributed by atoms with Crippen molar-refractivity contribution in [2.24, 2.45) is 5.92 Å². The fourth-order valence-corrected chi connectivity index (χ4v) is 3.04. The van der Waals surface area contributed by atoms with Gasteiger partial charge in [0, 0.05) is 19.4 Å². The molecule has 1 aliphatic carbocycles. The number of carbonyl (C=O) groups is 2. The number of rotatable bonds is 9. The SMILES string of the molecule is CC(c1ccccc1)N(CC1CCC1)C(=O)CCCCC(=O)O. The van der Waals surface area contributed by atoms with E-state index >= 15 is 0 Å². The Kier molecular flexibility index (Phi) is 6.63. The van der Waals surface area contributed by atoms with Crippen LogP contribution in [0.5, 0.6) is 0 Å². The predicted molar refractivity (Wildman–Crippen MR) is 90.0 cm³/mol. The first-order valence-electron chi connectivity index (χ1n) is 8.64. The van der Waals surface area contributed by atoms with E-state index in [9.17, 15) is 9.59 Å². The van der Waals surface area contributed by atoms with Gasteiger partial charge in [-0.2, -0.15) is 0 Å². The number of aliphatic carboxylic acids is 1. The quantitative estimate of drug-likeness (QED) is 0.700. The molecule has 1 N–H and O–H groups in total. The van der Waals surface area contributed by atoms with Gasteiger partial charge in [0.15, 0.2) is 0 Å². The maximum atomic E-state index is 12.7. The van der Waals surface area contributed by atoms with Gasteiger partial charge >= 0.3 is 5.97 Å². The predicted octanol–water partition coefficient (Wildman–Crippen LogP) is 4.02. The average molecular weight is 317 g/mol. The largest absolute Gasteiger partial charge is 0.481 e. The summed E-state index contributed by atoms with van der Waals surface area (Å²) in [6.07, 6.45) is 5.49. The fraction of sp³-hybridized carbons (Fsp3) is 0.579. The summed E-state index contributed by atoms with van der Waals surface area (Å²) in [5, 5.41) is 8.69. The van der Waals surface area contributed by atoms with E-state index in [4.69, 9.17) is 5.11 Å². The van der Waals surface area contributed by atoms with Crippen LogP contribution in [0, 0.1) is 5.92 Å². The number of hydrogen-bond acceptors (Lipinski definition) is 2. The molecule has 1 amide bonds. The van der Waals surface area contributed by atoms with E-state index in [-0.39, 0.29) is 18.4 Å². The van der Waals surface area contributed by atoms with Crippen molar-refractivity contribution in [3.05, 3.63) is 35.9 Å². The minimum absolute atomic E-state index is 0.0729. The number of amides is 1. The van der Waals surface area contributed by atoms with Crippen LogP contribution in [0.2, 0.25) is 0 Å². The minimum atomic E-state index is -0.790. The molecule has 1 saturated carbocycles. The molecule has 0 spiro atoms. The molecule has 1 fully saturated rings. The standard InChI is InChI=1S/C19H27NO3/c1-15(17-10-3-2-4-11-17)20(14-16-8-7-9-16)18(21)12-5-6-13-19(22)23/h2-4,10-11,15-16H,5-9,12-14H2,1H3,(H,22,23). The Balaban J connectivity index is 1.95. The van der Waals surface area contributed by atoms with Gasteiger partial charge in [-0.3, -0.25) is 9.59 Å². The Bertz CT molecular complexity index is 511. The van der Waals surface area contributed by atoms with Crippen LogP contribution in [0.3, 0.4) is 0 Å². The normalized spacial score (nSPS) is 15.7. The lowest BCUT2D eigenvalue weighted by Crippen LogP contribution is -2.39. The van der Waals surface area contributed by atoms with Gasteiger partial charge in [-0.15, -0.1) is 0 Å². The Labute approximate surface area is 138 Å². The van der Waals surface area contributed by atoms with Crippen molar-refractivity contribution < 1.29 is 14.7 Å². The average Bonchev–Trinajstić information content (AvgIpc) is 2.50. The molecule has 1 aromatic carbocycles. The van der Waals surface area contributed by atoms with Crippen LogP contribution < -0.4 is 0 Å². The molecule has 4 heteroatoms. The van der Waals surface area contributed by atoms with Crippen molar-refractivity contribution in [3.63, 3.8) is 0 Å². The second-order valence-electron chi connectivity index (χ2n) is 6.53. The summed E-state index contributed by atoms with van der Waals surface area (Å²) in [6, 6.07) is 10.2. The van der Waals surface area contributed by atoms with E-state index in [0.717, 1.165) is 12.1 Å². The van der Waals surface area contributed by atoms with E-state index in [0.29, 0.717) is 25.2 Å². The Morgan fingerprint density at radius 2 is 1.83 bits per heavy atom. The first-order valence-corrected chi connectivity index (χ1v) is 8.64. The third kappa shape index (κ3) is 5.38. The summed E-state index contributed by atoms with van der Waals surface area (Å²) in [4.78, 5) is 25.2. The number of hydrogen-bond donors (Lipinski definition) is 1. The van der Waals surface area contributed by atoms with Gasteiger partial charge in [0.2, 0.25) is 5.91 Å². The van der Waals surface area contributed by atoms with Crippen LogP contribution in [0.25, 0.3) is 0 Å². The molecular weight excluding hydrogens is 290 g/mol. The van der Waals surface area contributed by atoms with Crippen molar-refractivity contribution in [2.45, 2.75) is 57.9 Å². The highest BCUT2D eigenvalue weighted by atomic mass is 16.4. The summed E-state index contributed by atoms with van der Waals surface area (Å²) in [6.45, 7) is 2.91. The number of benzene rings is 1. The van der Waals surface area contributed by atoms with E-state index in [2.05, 4.69) is 19.1 Å². The van der Waals surface area contributed by atoms with Crippen molar-refractivity contribution in [1.29, 1.82) is 0 Å². The van der Waals surface area contributed by atoms with Gasteiger partial charge in [-0.25, -0.2) is 0 Å². The van der Waals surface area contributed by atoms with Gasteiger partial charge in [0.1, 0.15) is 0 Å². The number of unbranched alkanes of at least 4 members (excludes halogenated alkanes) is 1. The fourth-order valence-electron chi connectivity index (χ4n) is 3.04. The Hall–Kier alpha value is -1.84. The second kappa shape index (κ2) is 8.70. The molecule has 0 saturated heterocycles. The lowest BCUT2D eigenvalue weighted by atomic mass is 9.84. The van der Waals surface area contributed by atoms with Crippen molar-refractivity contribution in [3.8, 4) is 0 Å². The van der Waals surface area contributed by atoms with Crippen LogP contribution >= 0.6 is 0 Å². The molecule has 0 heterocycles. The molecule has 1 atom stereocenters. The first kappa shape index (κ1) is 17.5. The molecule has 23 heavy (non-hydrogen) atoms. The Morgan fingerprint density at radius 1 is 1.17 bits per heavy atom. The molecule has 2 rings (SSSR count). The highest BCUT2D eigenvalue weighted by Crippen LogP contribution is 2.31. The summed E-state index contributed by atoms with van der Waals surface area (Å²) >= 11 is 0. The maximum Gasteiger partial charge on any atom is 0.303 e. The summed E-state index contributed by atoms with van der Waals surface area (Å²) in [5.41, 5.74) is 1.16. The molecule has 1 aliphatic rings. The molecule has 1 aromatic rings. The van der Waals surface area contributed by atoms with E-state index < -0.39 is 5.97 Å². The topological polar surface area (TPSA) is 57.6 Å². The van der Waals surface area contributed by atoms with Crippen molar-refractivity contribution in [2.75, 3.05) is 6.54 Å². The van der Waals surface area contributed by atoms with Crippen molar-refractivity contribution >= 4 is 11.9 Å². The highest BCUT2D eigenvalue weighted by Gasteiger charge is 2.27. The lowest BCUT2D eigenvalue weighted by molar-refractivity contribution is -0.138. The number of carboxylic acid groups (broad SMARTS) is 1. The van der Waals surface area contributed by atoms with Gasteiger partial charge in [-0.1, -0.05) is 36.8 Å².